The Labute approximate surface area is 141 Å². The Morgan fingerprint density at radius 1 is 1.17 bits per heavy atom. The van der Waals surface area contributed by atoms with Gasteiger partial charge in [-0.3, -0.25) is 14.7 Å². The molecule has 0 spiro atoms. The number of H-pyrrole nitrogens is 1. The molecule has 0 unspecified atom stereocenters. The Balaban J connectivity index is 1.54. The first kappa shape index (κ1) is 16.2. The molecular weight excluding hydrogens is 304 g/mol. The molecule has 3 N–H and O–H groups in total. The molecule has 6 nitrogen and oxygen atoms in total. The predicted molar refractivity (Wildman–Crippen MR) is 92.9 cm³/mol. The van der Waals surface area contributed by atoms with Gasteiger partial charge >= 0.3 is 0 Å². The molecule has 1 heterocycles. The number of nitrogens with zero attached hydrogens (tertiary/aromatic N) is 1. The maximum Gasteiger partial charge on any atom is 0.229 e. The van der Waals surface area contributed by atoms with Crippen molar-refractivity contribution in [3.63, 3.8) is 0 Å². The Morgan fingerprint density at radius 2 is 1.88 bits per heavy atom. The quantitative estimate of drug-likeness (QED) is 0.788. The number of hydrogen-bond acceptors (Lipinski definition) is 3. The summed E-state index contributed by atoms with van der Waals surface area (Å²) >= 11 is 0. The third kappa shape index (κ3) is 4.22. The van der Waals surface area contributed by atoms with Crippen molar-refractivity contribution in [3.8, 4) is 0 Å². The van der Waals surface area contributed by atoms with Crippen LogP contribution in [-0.2, 0) is 16.0 Å². The van der Waals surface area contributed by atoms with Gasteiger partial charge in [0.25, 0.3) is 0 Å². The van der Waals surface area contributed by atoms with Crippen LogP contribution in [0.3, 0.4) is 0 Å². The van der Waals surface area contributed by atoms with Crippen LogP contribution in [0.1, 0.15) is 49.8 Å². The van der Waals surface area contributed by atoms with E-state index in [1.54, 1.807) is 12.1 Å². The molecular formula is C18H22N4O2. The van der Waals surface area contributed by atoms with Gasteiger partial charge in [-0.05, 0) is 30.5 Å². The molecule has 1 fully saturated rings. The lowest BCUT2D eigenvalue weighted by Crippen LogP contribution is -2.14. The fraction of sp³-hybridized carbons (Fsp3) is 0.389. The van der Waals surface area contributed by atoms with Gasteiger partial charge < -0.3 is 10.6 Å². The van der Waals surface area contributed by atoms with Gasteiger partial charge in [-0.15, -0.1) is 0 Å². The molecule has 126 valence electrons. The number of rotatable bonds is 5. The average Bonchev–Trinajstić information content (AvgIpc) is 3.19. The minimum Gasteiger partial charge on any atom is -0.326 e. The van der Waals surface area contributed by atoms with E-state index in [1.807, 2.05) is 18.2 Å². The molecule has 1 saturated carbocycles. The number of carbonyl (C=O) groups excluding carboxylic acids is 2. The highest BCUT2D eigenvalue weighted by atomic mass is 16.2. The van der Waals surface area contributed by atoms with E-state index in [-0.39, 0.29) is 18.2 Å². The zero-order valence-electron chi connectivity index (χ0n) is 13.8. The zero-order chi connectivity index (χ0) is 16.9. The summed E-state index contributed by atoms with van der Waals surface area (Å²) in [5, 5.41) is 12.8. The maximum absolute atomic E-state index is 12.1. The highest BCUT2D eigenvalue weighted by Crippen LogP contribution is 2.33. The van der Waals surface area contributed by atoms with Crippen molar-refractivity contribution in [3.05, 3.63) is 41.6 Å². The van der Waals surface area contributed by atoms with Gasteiger partial charge in [0, 0.05) is 30.3 Å². The topological polar surface area (TPSA) is 86.9 Å². The van der Waals surface area contributed by atoms with Crippen LogP contribution in [0.25, 0.3) is 0 Å². The predicted octanol–water partition coefficient (Wildman–Crippen LogP) is 3.21. The van der Waals surface area contributed by atoms with Crippen LogP contribution in [-0.4, -0.2) is 22.0 Å². The Kier molecular flexibility index (Phi) is 4.93. The number of aromatic nitrogens is 2. The largest absolute Gasteiger partial charge is 0.326 e. The van der Waals surface area contributed by atoms with E-state index in [4.69, 9.17) is 0 Å². The molecule has 0 aliphatic heterocycles. The summed E-state index contributed by atoms with van der Waals surface area (Å²) in [6, 6.07) is 9.18. The monoisotopic (exact) mass is 326 g/mol. The lowest BCUT2D eigenvalue weighted by molar-refractivity contribution is -0.116. The summed E-state index contributed by atoms with van der Waals surface area (Å²) in [5.41, 5.74) is 2.72. The Bertz CT molecular complexity index is 715. The second-order valence-electron chi connectivity index (χ2n) is 6.29. The van der Waals surface area contributed by atoms with Crippen molar-refractivity contribution in [1.82, 2.24) is 10.2 Å². The van der Waals surface area contributed by atoms with Crippen LogP contribution >= 0.6 is 0 Å². The maximum atomic E-state index is 12.1. The number of nitrogens with one attached hydrogen (secondary N) is 3. The molecule has 3 rings (SSSR count). The molecule has 2 aromatic rings. The van der Waals surface area contributed by atoms with E-state index in [2.05, 4.69) is 20.8 Å². The van der Waals surface area contributed by atoms with Gasteiger partial charge in [-0.25, -0.2) is 0 Å². The van der Waals surface area contributed by atoms with E-state index in [0.717, 1.165) is 16.9 Å². The molecule has 24 heavy (non-hydrogen) atoms. The second-order valence-corrected chi connectivity index (χ2v) is 6.29. The highest BCUT2D eigenvalue weighted by molar-refractivity contribution is 5.92. The van der Waals surface area contributed by atoms with Gasteiger partial charge in [0.05, 0.1) is 6.42 Å². The summed E-state index contributed by atoms with van der Waals surface area (Å²) < 4.78 is 0. The first-order valence-electron chi connectivity index (χ1n) is 8.32. The molecule has 0 bridgehead atoms. The molecule has 1 aliphatic rings. The highest BCUT2D eigenvalue weighted by Gasteiger charge is 2.19. The van der Waals surface area contributed by atoms with Crippen molar-refractivity contribution < 1.29 is 9.59 Å². The van der Waals surface area contributed by atoms with Crippen LogP contribution in [0.4, 0.5) is 11.5 Å². The third-order valence-corrected chi connectivity index (χ3v) is 4.30. The summed E-state index contributed by atoms with van der Waals surface area (Å²) in [6.45, 7) is 1.46. The van der Waals surface area contributed by atoms with Gasteiger partial charge in [0.2, 0.25) is 11.8 Å². The minimum absolute atomic E-state index is 0.105. The fourth-order valence-corrected chi connectivity index (χ4v) is 3.13. The smallest absolute Gasteiger partial charge is 0.229 e. The van der Waals surface area contributed by atoms with Crippen molar-refractivity contribution in [2.45, 2.75) is 44.9 Å². The second kappa shape index (κ2) is 7.29. The van der Waals surface area contributed by atoms with Crippen LogP contribution in [0, 0.1) is 0 Å². The standard InChI is InChI=1S/C18H22N4O2/c1-12(23)19-15-8-6-13(7-9-15)10-18(24)20-17-11-16(21-22-17)14-4-2-3-5-14/h6-9,11,14H,2-5,10H2,1H3,(H,19,23)(H2,20,21,22,24). The van der Waals surface area contributed by atoms with E-state index in [9.17, 15) is 9.59 Å². The Hall–Kier alpha value is -2.63. The van der Waals surface area contributed by atoms with E-state index >= 15 is 0 Å². The molecule has 6 heteroatoms. The number of carbonyl (C=O) groups is 2. The molecule has 1 aliphatic carbocycles. The van der Waals surface area contributed by atoms with Gasteiger partial charge in [-0.1, -0.05) is 25.0 Å². The van der Waals surface area contributed by atoms with E-state index in [1.165, 1.54) is 32.6 Å². The summed E-state index contributed by atoms with van der Waals surface area (Å²) in [6.07, 6.45) is 5.18. The Morgan fingerprint density at radius 3 is 2.54 bits per heavy atom. The van der Waals surface area contributed by atoms with E-state index < -0.39 is 0 Å². The van der Waals surface area contributed by atoms with E-state index in [0.29, 0.717) is 11.7 Å². The number of anilines is 2. The molecule has 0 atom stereocenters. The molecule has 0 radical (unpaired) electrons. The molecule has 2 amide bonds. The van der Waals surface area contributed by atoms with Crippen molar-refractivity contribution in [2.75, 3.05) is 10.6 Å². The number of benzene rings is 1. The minimum atomic E-state index is -0.114. The van der Waals surface area contributed by atoms with Crippen molar-refractivity contribution >= 4 is 23.3 Å². The fourth-order valence-electron chi connectivity index (χ4n) is 3.13. The van der Waals surface area contributed by atoms with Gasteiger partial charge in [0.15, 0.2) is 5.82 Å². The van der Waals surface area contributed by atoms with Crippen molar-refractivity contribution in [2.24, 2.45) is 0 Å². The van der Waals surface area contributed by atoms with Gasteiger partial charge in [0.1, 0.15) is 0 Å². The number of aromatic amines is 1. The number of hydrogen-bond donors (Lipinski definition) is 3. The molecule has 0 saturated heterocycles. The number of amides is 2. The lowest BCUT2D eigenvalue weighted by atomic mass is 10.0. The summed E-state index contributed by atoms with van der Waals surface area (Å²) in [4.78, 5) is 23.1. The van der Waals surface area contributed by atoms with Gasteiger partial charge in [-0.2, -0.15) is 5.10 Å². The first-order chi connectivity index (χ1) is 11.6. The van der Waals surface area contributed by atoms with Crippen molar-refractivity contribution in [1.29, 1.82) is 0 Å². The third-order valence-electron chi connectivity index (χ3n) is 4.30. The van der Waals surface area contributed by atoms with Crippen LogP contribution in [0.5, 0.6) is 0 Å². The summed E-state index contributed by atoms with van der Waals surface area (Å²) in [7, 11) is 0. The lowest BCUT2D eigenvalue weighted by Gasteiger charge is -2.05. The van der Waals surface area contributed by atoms with Crippen LogP contribution < -0.4 is 10.6 Å². The normalized spacial score (nSPS) is 14.5. The average molecular weight is 326 g/mol. The van der Waals surface area contributed by atoms with Crippen LogP contribution in [0.2, 0.25) is 0 Å². The SMILES string of the molecule is CC(=O)Nc1ccc(CC(=O)Nc2cc(C3CCCC3)[nH]n2)cc1. The zero-order valence-corrected chi connectivity index (χ0v) is 13.8. The summed E-state index contributed by atoms with van der Waals surface area (Å²) in [5.74, 6) is 0.907. The van der Waals surface area contributed by atoms with Crippen LogP contribution in [0.15, 0.2) is 30.3 Å². The molecule has 1 aromatic carbocycles. The molecule has 1 aromatic heterocycles. The first-order valence-corrected chi connectivity index (χ1v) is 8.32.